The average Bonchev–Trinajstić information content (AvgIpc) is 3.11. The minimum atomic E-state index is 0.201. The first kappa shape index (κ1) is 18.8. The quantitative estimate of drug-likeness (QED) is 0.842. The Balaban J connectivity index is 1.30. The number of carbonyl (C=O) groups is 1. The fourth-order valence-corrected chi connectivity index (χ4v) is 4.85. The molecule has 3 aliphatic rings. The number of piperidine rings is 1. The van der Waals surface area contributed by atoms with Crippen molar-refractivity contribution in [3.05, 3.63) is 59.2 Å². The van der Waals surface area contributed by atoms with E-state index in [1.807, 2.05) is 6.07 Å². The van der Waals surface area contributed by atoms with Gasteiger partial charge in [0.15, 0.2) is 0 Å². The van der Waals surface area contributed by atoms with Crippen molar-refractivity contribution < 1.29 is 4.79 Å². The molecular weight excluding hydrogens is 360 g/mol. The lowest BCUT2D eigenvalue weighted by Gasteiger charge is -2.31. The molecule has 0 bridgehead atoms. The Hall–Kier alpha value is -2.21. The molecular formula is C24H30N4O. The van der Waals surface area contributed by atoms with Gasteiger partial charge in [-0.15, -0.1) is 0 Å². The van der Waals surface area contributed by atoms with Gasteiger partial charge in [0.25, 0.3) is 5.91 Å². The smallest absolute Gasteiger partial charge is 0.254 e. The molecule has 1 unspecified atom stereocenters. The number of carbonyl (C=O) groups excluding carboxylic acids is 1. The van der Waals surface area contributed by atoms with Crippen molar-refractivity contribution in [2.24, 2.45) is 0 Å². The third-order valence-corrected chi connectivity index (χ3v) is 6.55. The van der Waals surface area contributed by atoms with Crippen molar-refractivity contribution in [2.45, 2.75) is 32.0 Å². The van der Waals surface area contributed by atoms with E-state index in [4.69, 9.17) is 0 Å². The van der Waals surface area contributed by atoms with Crippen LogP contribution in [0.1, 0.15) is 34.3 Å². The highest BCUT2D eigenvalue weighted by atomic mass is 16.2. The first-order valence-electron chi connectivity index (χ1n) is 10.9. The molecule has 2 aromatic carbocycles. The van der Waals surface area contributed by atoms with Crippen LogP contribution in [0.4, 0.5) is 0 Å². The molecule has 0 spiro atoms. The van der Waals surface area contributed by atoms with Gasteiger partial charge in [0.05, 0.1) is 0 Å². The van der Waals surface area contributed by atoms with Gasteiger partial charge in [-0.1, -0.05) is 30.3 Å². The highest BCUT2D eigenvalue weighted by Crippen LogP contribution is 2.31. The molecule has 5 rings (SSSR count). The lowest BCUT2D eigenvalue weighted by atomic mass is 9.99. The van der Waals surface area contributed by atoms with Crippen LogP contribution < -0.4 is 10.6 Å². The Morgan fingerprint density at radius 3 is 2.48 bits per heavy atom. The van der Waals surface area contributed by atoms with Gasteiger partial charge in [0, 0.05) is 57.4 Å². The second-order valence-electron chi connectivity index (χ2n) is 8.53. The van der Waals surface area contributed by atoms with Crippen LogP contribution in [-0.2, 0) is 13.1 Å². The van der Waals surface area contributed by atoms with Crippen LogP contribution in [0.2, 0.25) is 0 Å². The number of amides is 1. The molecule has 2 N–H and O–H groups in total. The molecule has 29 heavy (non-hydrogen) atoms. The van der Waals surface area contributed by atoms with Crippen molar-refractivity contribution in [3.63, 3.8) is 0 Å². The largest absolute Gasteiger partial charge is 0.330 e. The van der Waals surface area contributed by atoms with E-state index in [0.717, 1.165) is 70.8 Å². The van der Waals surface area contributed by atoms with Gasteiger partial charge in [-0.3, -0.25) is 9.69 Å². The summed E-state index contributed by atoms with van der Waals surface area (Å²) < 4.78 is 0. The fraction of sp³-hybridized carbons (Fsp3) is 0.458. The Bertz CT molecular complexity index is 867. The Morgan fingerprint density at radius 1 is 0.931 bits per heavy atom. The molecule has 2 aromatic rings. The summed E-state index contributed by atoms with van der Waals surface area (Å²) in [6.07, 6.45) is 2.25. The molecule has 3 heterocycles. The lowest BCUT2D eigenvalue weighted by Crippen LogP contribution is -2.46. The molecule has 0 aliphatic carbocycles. The number of hydrogen-bond donors (Lipinski definition) is 2. The topological polar surface area (TPSA) is 47.6 Å². The number of nitrogens with one attached hydrogen (secondary N) is 2. The predicted molar refractivity (Wildman–Crippen MR) is 116 cm³/mol. The van der Waals surface area contributed by atoms with Crippen molar-refractivity contribution in [1.29, 1.82) is 0 Å². The van der Waals surface area contributed by atoms with E-state index in [-0.39, 0.29) is 5.91 Å². The van der Waals surface area contributed by atoms with Gasteiger partial charge in [-0.2, -0.15) is 0 Å². The summed E-state index contributed by atoms with van der Waals surface area (Å²) in [5.41, 5.74) is 5.84. The molecule has 152 valence electrons. The minimum absolute atomic E-state index is 0.201. The molecule has 5 heteroatoms. The first-order chi connectivity index (χ1) is 14.3. The standard InChI is InChI=1S/C24H30N4O/c29-24-23-8-7-20(14-21(23)17-28(24)22-2-1-9-26-15-22)19-5-3-18(4-6-19)16-27-12-10-25-11-13-27/h3-8,14,22,25-26H,1-2,9-13,15-17H2. The van der Waals surface area contributed by atoms with E-state index < -0.39 is 0 Å². The Morgan fingerprint density at radius 2 is 1.72 bits per heavy atom. The van der Waals surface area contributed by atoms with E-state index in [0.29, 0.717) is 6.04 Å². The van der Waals surface area contributed by atoms with Gasteiger partial charge in [-0.05, 0) is 53.8 Å². The van der Waals surface area contributed by atoms with Crippen LogP contribution in [0, 0.1) is 0 Å². The third kappa shape index (κ3) is 3.95. The van der Waals surface area contributed by atoms with Crippen LogP contribution in [-0.4, -0.2) is 61.0 Å². The number of benzene rings is 2. The minimum Gasteiger partial charge on any atom is -0.330 e. The summed E-state index contributed by atoms with van der Waals surface area (Å²) in [4.78, 5) is 17.4. The maximum Gasteiger partial charge on any atom is 0.254 e. The van der Waals surface area contributed by atoms with Crippen LogP contribution in [0.15, 0.2) is 42.5 Å². The molecule has 1 atom stereocenters. The monoisotopic (exact) mass is 390 g/mol. The third-order valence-electron chi connectivity index (χ3n) is 6.55. The second kappa shape index (κ2) is 8.27. The van der Waals surface area contributed by atoms with Crippen LogP contribution >= 0.6 is 0 Å². The number of nitrogens with zero attached hydrogens (tertiary/aromatic N) is 2. The van der Waals surface area contributed by atoms with Crippen LogP contribution in [0.5, 0.6) is 0 Å². The van der Waals surface area contributed by atoms with Crippen molar-refractivity contribution in [2.75, 3.05) is 39.3 Å². The zero-order valence-electron chi connectivity index (χ0n) is 17.0. The molecule has 2 saturated heterocycles. The number of fused-ring (bicyclic) bond motifs is 1. The lowest BCUT2D eigenvalue weighted by molar-refractivity contribution is 0.0674. The maximum absolute atomic E-state index is 12.9. The molecule has 0 aromatic heterocycles. The number of rotatable bonds is 4. The van der Waals surface area contributed by atoms with Crippen LogP contribution in [0.3, 0.4) is 0 Å². The molecule has 2 fully saturated rings. The van der Waals surface area contributed by atoms with E-state index in [9.17, 15) is 4.79 Å². The Kier molecular flexibility index (Phi) is 5.36. The summed E-state index contributed by atoms with van der Waals surface area (Å²) in [6, 6.07) is 15.6. The summed E-state index contributed by atoms with van der Waals surface area (Å²) in [7, 11) is 0. The second-order valence-corrected chi connectivity index (χ2v) is 8.53. The number of piperazine rings is 1. The normalized spacial score (nSPS) is 22.7. The summed E-state index contributed by atoms with van der Waals surface area (Å²) in [5, 5.41) is 6.84. The van der Waals surface area contributed by atoms with Crippen LogP contribution in [0.25, 0.3) is 11.1 Å². The molecule has 5 nitrogen and oxygen atoms in total. The van der Waals surface area contributed by atoms with Gasteiger partial charge in [0.1, 0.15) is 0 Å². The van der Waals surface area contributed by atoms with E-state index in [2.05, 4.69) is 56.8 Å². The predicted octanol–water partition coefficient (Wildman–Crippen LogP) is 2.47. The molecule has 0 radical (unpaired) electrons. The highest BCUT2D eigenvalue weighted by molar-refractivity contribution is 5.99. The van der Waals surface area contributed by atoms with Crippen molar-refractivity contribution in [1.82, 2.24) is 20.4 Å². The SMILES string of the molecule is O=C1c2ccc(-c3ccc(CN4CCNCC4)cc3)cc2CN1C1CCCNC1. The number of hydrogen-bond acceptors (Lipinski definition) is 4. The zero-order valence-corrected chi connectivity index (χ0v) is 17.0. The van der Waals surface area contributed by atoms with Crippen molar-refractivity contribution in [3.8, 4) is 11.1 Å². The van der Waals surface area contributed by atoms with E-state index >= 15 is 0 Å². The average molecular weight is 391 g/mol. The zero-order chi connectivity index (χ0) is 19.6. The van der Waals surface area contributed by atoms with Gasteiger partial charge in [0.2, 0.25) is 0 Å². The Labute approximate surface area is 173 Å². The highest BCUT2D eigenvalue weighted by Gasteiger charge is 2.33. The fourth-order valence-electron chi connectivity index (χ4n) is 4.85. The molecule has 0 saturated carbocycles. The van der Waals surface area contributed by atoms with Crippen molar-refractivity contribution >= 4 is 5.91 Å². The maximum atomic E-state index is 12.9. The summed E-state index contributed by atoms with van der Waals surface area (Å²) in [6.45, 7) is 8.16. The van der Waals surface area contributed by atoms with Gasteiger partial charge < -0.3 is 15.5 Å². The molecule has 3 aliphatic heterocycles. The summed E-state index contributed by atoms with van der Waals surface area (Å²) in [5.74, 6) is 0.201. The molecule has 1 amide bonds. The van der Waals surface area contributed by atoms with E-state index in [1.54, 1.807) is 0 Å². The van der Waals surface area contributed by atoms with E-state index in [1.165, 1.54) is 22.3 Å². The van der Waals surface area contributed by atoms with Gasteiger partial charge >= 0.3 is 0 Å². The van der Waals surface area contributed by atoms with Gasteiger partial charge in [-0.25, -0.2) is 0 Å². The first-order valence-corrected chi connectivity index (χ1v) is 10.9. The summed E-state index contributed by atoms with van der Waals surface area (Å²) >= 11 is 0.